The van der Waals surface area contributed by atoms with Crippen LogP contribution in [0.25, 0.3) is 0 Å². The first kappa shape index (κ1) is 15.7. The first-order chi connectivity index (χ1) is 11.7. The van der Waals surface area contributed by atoms with Gasteiger partial charge in [0.25, 0.3) is 5.91 Å². The Hall–Kier alpha value is -3.21. The maximum absolute atomic E-state index is 12.3. The molecule has 24 heavy (non-hydrogen) atoms. The molecule has 120 valence electrons. The van der Waals surface area contributed by atoms with Crippen LogP contribution in [0.4, 0.5) is 11.5 Å². The maximum atomic E-state index is 12.3. The van der Waals surface area contributed by atoms with E-state index in [9.17, 15) is 4.79 Å². The SMILES string of the molecule is CC(NC(=O)c1ccc(Nc2ccccc2)nn1)c1ccccc1. The minimum atomic E-state index is -0.245. The molecule has 2 aromatic carbocycles. The predicted octanol–water partition coefficient (Wildman–Crippen LogP) is 3.71. The number of hydrogen-bond donors (Lipinski definition) is 2. The predicted molar refractivity (Wildman–Crippen MR) is 94.1 cm³/mol. The fourth-order valence-corrected chi connectivity index (χ4v) is 2.29. The summed E-state index contributed by atoms with van der Waals surface area (Å²) in [5.41, 5.74) is 2.25. The number of amides is 1. The highest BCUT2D eigenvalue weighted by Gasteiger charge is 2.13. The van der Waals surface area contributed by atoms with Gasteiger partial charge in [-0.1, -0.05) is 48.5 Å². The summed E-state index contributed by atoms with van der Waals surface area (Å²) in [6.07, 6.45) is 0. The summed E-state index contributed by atoms with van der Waals surface area (Å²) in [6, 6.07) is 22.8. The fraction of sp³-hybridized carbons (Fsp3) is 0.105. The zero-order valence-corrected chi connectivity index (χ0v) is 13.3. The van der Waals surface area contributed by atoms with Crippen molar-refractivity contribution < 1.29 is 4.79 Å². The monoisotopic (exact) mass is 318 g/mol. The lowest BCUT2D eigenvalue weighted by molar-refractivity contribution is 0.0934. The molecule has 1 atom stereocenters. The zero-order chi connectivity index (χ0) is 16.8. The average molecular weight is 318 g/mol. The van der Waals surface area contributed by atoms with Gasteiger partial charge < -0.3 is 10.6 Å². The van der Waals surface area contributed by atoms with Crippen molar-refractivity contribution in [1.29, 1.82) is 0 Å². The van der Waals surface area contributed by atoms with Gasteiger partial charge in [0.2, 0.25) is 0 Å². The van der Waals surface area contributed by atoms with Crippen LogP contribution < -0.4 is 10.6 Å². The van der Waals surface area contributed by atoms with Crippen molar-refractivity contribution in [2.24, 2.45) is 0 Å². The molecular formula is C19H18N4O. The van der Waals surface area contributed by atoms with Crippen molar-refractivity contribution in [2.75, 3.05) is 5.32 Å². The molecule has 0 saturated carbocycles. The molecule has 0 spiro atoms. The van der Waals surface area contributed by atoms with Crippen LogP contribution in [0.5, 0.6) is 0 Å². The molecule has 1 heterocycles. The molecule has 1 amide bonds. The molecule has 0 aliphatic heterocycles. The van der Waals surface area contributed by atoms with E-state index < -0.39 is 0 Å². The molecule has 3 rings (SSSR count). The third-order valence-electron chi connectivity index (χ3n) is 3.59. The van der Waals surface area contributed by atoms with E-state index in [4.69, 9.17) is 0 Å². The second-order valence-electron chi connectivity index (χ2n) is 5.40. The Bertz CT molecular complexity index is 789. The minimum absolute atomic E-state index is 0.0948. The van der Waals surface area contributed by atoms with Gasteiger partial charge in [-0.15, -0.1) is 10.2 Å². The van der Waals surface area contributed by atoms with Gasteiger partial charge in [-0.2, -0.15) is 0 Å². The lowest BCUT2D eigenvalue weighted by Gasteiger charge is -2.13. The lowest BCUT2D eigenvalue weighted by atomic mass is 10.1. The Morgan fingerprint density at radius 2 is 1.54 bits per heavy atom. The van der Waals surface area contributed by atoms with Gasteiger partial charge in [0.15, 0.2) is 11.5 Å². The molecule has 0 radical (unpaired) electrons. The van der Waals surface area contributed by atoms with Gasteiger partial charge in [0.05, 0.1) is 6.04 Å². The van der Waals surface area contributed by atoms with E-state index in [-0.39, 0.29) is 17.6 Å². The van der Waals surface area contributed by atoms with Crippen LogP contribution >= 0.6 is 0 Å². The van der Waals surface area contributed by atoms with Crippen LogP contribution in [0.15, 0.2) is 72.8 Å². The molecular weight excluding hydrogens is 300 g/mol. The number of hydrogen-bond acceptors (Lipinski definition) is 4. The number of para-hydroxylation sites is 1. The highest BCUT2D eigenvalue weighted by molar-refractivity contribution is 5.92. The number of carbonyl (C=O) groups is 1. The van der Waals surface area contributed by atoms with Crippen LogP contribution in [0.1, 0.15) is 29.0 Å². The summed E-state index contributed by atoms with van der Waals surface area (Å²) in [5, 5.41) is 14.1. The fourth-order valence-electron chi connectivity index (χ4n) is 2.29. The Balaban J connectivity index is 1.63. The molecule has 1 unspecified atom stereocenters. The summed E-state index contributed by atoms with van der Waals surface area (Å²) in [5.74, 6) is 0.346. The topological polar surface area (TPSA) is 66.9 Å². The van der Waals surface area contributed by atoms with Crippen LogP contribution in [-0.2, 0) is 0 Å². The van der Waals surface area contributed by atoms with E-state index in [1.54, 1.807) is 12.1 Å². The van der Waals surface area contributed by atoms with Crippen molar-refractivity contribution in [2.45, 2.75) is 13.0 Å². The van der Waals surface area contributed by atoms with Crippen molar-refractivity contribution in [3.8, 4) is 0 Å². The van der Waals surface area contributed by atoms with Crippen molar-refractivity contribution in [1.82, 2.24) is 15.5 Å². The number of benzene rings is 2. The summed E-state index contributed by atoms with van der Waals surface area (Å²) in [7, 11) is 0. The number of aromatic nitrogens is 2. The summed E-state index contributed by atoms with van der Waals surface area (Å²) >= 11 is 0. The molecule has 0 aliphatic carbocycles. The molecule has 5 nitrogen and oxygen atoms in total. The lowest BCUT2D eigenvalue weighted by Crippen LogP contribution is -2.27. The third-order valence-corrected chi connectivity index (χ3v) is 3.59. The second kappa shape index (κ2) is 7.37. The van der Waals surface area contributed by atoms with Crippen LogP contribution in [-0.4, -0.2) is 16.1 Å². The molecule has 0 bridgehead atoms. The molecule has 5 heteroatoms. The number of nitrogens with zero attached hydrogens (tertiary/aromatic N) is 2. The third kappa shape index (κ3) is 3.95. The quantitative estimate of drug-likeness (QED) is 0.752. The zero-order valence-electron chi connectivity index (χ0n) is 13.3. The van der Waals surface area contributed by atoms with Gasteiger partial charge in [-0.25, -0.2) is 0 Å². The van der Waals surface area contributed by atoms with Gasteiger partial charge >= 0.3 is 0 Å². The average Bonchev–Trinajstić information content (AvgIpc) is 2.64. The number of anilines is 2. The van der Waals surface area contributed by atoms with Crippen molar-refractivity contribution in [3.05, 3.63) is 84.1 Å². The van der Waals surface area contributed by atoms with Crippen molar-refractivity contribution in [3.63, 3.8) is 0 Å². The highest BCUT2D eigenvalue weighted by Crippen LogP contribution is 2.14. The number of carbonyl (C=O) groups excluding carboxylic acids is 1. The molecule has 0 saturated heterocycles. The molecule has 0 fully saturated rings. The largest absolute Gasteiger partial charge is 0.344 e. The van der Waals surface area contributed by atoms with E-state index in [2.05, 4.69) is 20.8 Å². The van der Waals surface area contributed by atoms with Gasteiger partial charge in [0.1, 0.15) is 0 Å². The standard InChI is InChI=1S/C19H18N4O/c1-14(15-8-4-2-5-9-15)20-19(24)17-12-13-18(23-22-17)21-16-10-6-3-7-11-16/h2-14H,1H3,(H,20,24)(H,21,23). The van der Waals surface area contributed by atoms with Gasteiger partial charge in [-0.3, -0.25) is 4.79 Å². The molecule has 3 aromatic rings. The Morgan fingerprint density at radius 3 is 2.17 bits per heavy atom. The smallest absolute Gasteiger partial charge is 0.272 e. The van der Waals surface area contributed by atoms with Crippen LogP contribution in [0.3, 0.4) is 0 Å². The van der Waals surface area contributed by atoms with Crippen molar-refractivity contribution >= 4 is 17.4 Å². The highest BCUT2D eigenvalue weighted by atomic mass is 16.2. The molecule has 2 N–H and O–H groups in total. The van der Waals surface area contributed by atoms with E-state index in [1.807, 2.05) is 67.6 Å². The van der Waals surface area contributed by atoms with E-state index in [0.717, 1.165) is 11.3 Å². The van der Waals surface area contributed by atoms with E-state index in [1.165, 1.54) is 0 Å². The number of nitrogens with one attached hydrogen (secondary N) is 2. The molecule has 0 aliphatic rings. The van der Waals surface area contributed by atoms with E-state index >= 15 is 0 Å². The summed E-state index contributed by atoms with van der Waals surface area (Å²) in [6.45, 7) is 1.94. The first-order valence-corrected chi connectivity index (χ1v) is 7.74. The number of rotatable bonds is 5. The summed E-state index contributed by atoms with van der Waals surface area (Å²) in [4.78, 5) is 12.3. The second-order valence-corrected chi connectivity index (χ2v) is 5.40. The molecule has 1 aromatic heterocycles. The Morgan fingerprint density at radius 1 is 0.875 bits per heavy atom. The summed E-state index contributed by atoms with van der Waals surface area (Å²) < 4.78 is 0. The van der Waals surface area contributed by atoms with Gasteiger partial charge in [0, 0.05) is 5.69 Å². The Kier molecular flexibility index (Phi) is 4.81. The van der Waals surface area contributed by atoms with Crippen LogP contribution in [0, 0.1) is 0 Å². The van der Waals surface area contributed by atoms with E-state index in [0.29, 0.717) is 5.82 Å². The van der Waals surface area contributed by atoms with Gasteiger partial charge in [-0.05, 0) is 36.8 Å². The first-order valence-electron chi connectivity index (χ1n) is 7.74. The normalized spacial score (nSPS) is 11.5. The minimum Gasteiger partial charge on any atom is -0.344 e. The maximum Gasteiger partial charge on any atom is 0.272 e. The van der Waals surface area contributed by atoms with Crippen LogP contribution in [0.2, 0.25) is 0 Å². The Labute approximate surface area is 140 Å².